The Labute approximate surface area is 167 Å². The number of anilines is 1. The van der Waals surface area contributed by atoms with Crippen molar-refractivity contribution in [1.29, 1.82) is 0 Å². The van der Waals surface area contributed by atoms with Gasteiger partial charge in [0.1, 0.15) is 5.82 Å². The fourth-order valence-corrected chi connectivity index (χ4v) is 3.28. The summed E-state index contributed by atoms with van der Waals surface area (Å²) in [5, 5.41) is 11.7. The van der Waals surface area contributed by atoms with Crippen LogP contribution in [-0.4, -0.2) is 38.1 Å². The van der Waals surface area contributed by atoms with Gasteiger partial charge in [-0.1, -0.05) is 26.8 Å². The van der Waals surface area contributed by atoms with E-state index in [-0.39, 0.29) is 11.8 Å². The van der Waals surface area contributed by atoms with Crippen molar-refractivity contribution in [2.45, 2.75) is 32.6 Å². The number of nitrogens with zero attached hydrogens (tertiary/aromatic N) is 4. The minimum absolute atomic E-state index is 0.132. The number of hydrogen-bond donors (Lipinski definition) is 2. The average Bonchev–Trinajstić information content (AvgIpc) is 3.36. The van der Waals surface area contributed by atoms with E-state index in [0.29, 0.717) is 18.3 Å². The van der Waals surface area contributed by atoms with Crippen LogP contribution in [0.2, 0.25) is 0 Å². The van der Waals surface area contributed by atoms with Crippen LogP contribution in [0.25, 0.3) is 5.95 Å². The molecule has 3 heterocycles. The molecule has 2 N–H and O–H groups in total. The minimum Gasteiger partial charge on any atom is -0.347 e. The van der Waals surface area contributed by atoms with Crippen LogP contribution < -0.4 is 10.6 Å². The predicted molar refractivity (Wildman–Crippen MR) is 108 cm³/mol. The van der Waals surface area contributed by atoms with E-state index in [2.05, 4.69) is 25.7 Å². The first kappa shape index (κ1) is 19.7. The summed E-state index contributed by atoms with van der Waals surface area (Å²) in [6.45, 7) is 6.36. The van der Waals surface area contributed by atoms with Crippen molar-refractivity contribution in [2.24, 2.45) is 0 Å². The highest BCUT2D eigenvalue weighted by Crippen LogP contribution is 2.21. The van der Waals surface area contributed by atoms with Crippen molar-refractivity contribution in [3.05, 3.63) is 52.6 Å². The summed E-state index contributed by atoms with van der Waals surface area (Å²) >= 11 is 1.62. The molecule has 0 fully saturated rings. The first-order chi connectivity index (χ1) is 13.5. The maximum absolute atomic E-state index is 12.4. The van der Waals surface area contributed by atoms with Gasteiger partial charge in [-0.25, -0.2) is 9.97 Å². The van der Waals surface area contributed by atoms with E-state index < -0.39 is 11.8 Å². The SMILES string of the molecule is CC(C)c1cc(NC(=O)C(=O)NC[C@H](C)c2cccs2)n(-c2ncccn2)n1. The van der Waals surface area contributed by atoms with Crippen LogP contribution in [0.5, 0.6) is 0 Å². The molecule has 0 spiro atoms. The zero-order chi connectivity index (χ0) is 20.1. The number of nitrogens with one attached hydrogen (secondary N) is 2. The molecule has 3 aromatic heterocycles. The first-order valence-corrected chi connectivity index (χ1v) is 9.83. The molecule has 0 saturated carbocycles. The van der Waals surface area contributed by atoms with Crippen molar-refractivity contribution in [3.63, 3.8) is 0 Å². The van der Waals surface area contributed by atoms with Crippen LogP contribution in [0.4, 0.5) is 5.82 Å². The van der Waals surface area contributed by atoms with Gasteiger partial charge < -0.3 is 10.6 Å². The Morgan fingerprint density at radius 1 is 1.14 bits per heavy atom. The molecule has 28 heavy (non-hydrogen) atoms. The zero-order valence-corrected chi connectivity index (χ0v) is 16.7. The van der Waals surface area contributed by atoms with Crippen LogP contribution in [0.3, 0.4) is 0 Å². The predicted octanol–water partition coefficient (Wildman–Crippen LogP) is 2.71. The third-order valence-electron chi connectivity index (χ3n) is 4.11. The van der Waals surface area contributed by atoms with Crippen molar-refractivity contribution >= 4 is 29.0 Å². The maximum Gasteiger partial charge on any atom is 0.314 e. The molecule has 146 valence electrons. The smallest absolute Gasteiger partial charge is 0.314 e. The lowest BCUT2D eigenvalue weighted by atomic mass is 10.1. The van der Waals surface area contributed by atoms with Gasteiger partial charge in [-0.15, -0.1) is 11.3 Å². The normalized spacial score (nSPS) is 12.0. The third-order valence-corrected chi connectivity index (χ3v) is 5.21. The summed E-state index contributed by atoms with van der Waals surface area (Å²) < 4.78 is 1.43. The van der Waals surface area contributed by atoms with Crippen LogP contribution >= 0.6 is 11.3 Å². The summed E-state index contributed by atoms with van der Waals surface area (Å²) in [5.74, 6) is -0.520. The Hall–Kier alpha value is -3.07. The number of aromatic nitrogens is 4. The quantitative estimate of drug-likeness (QED) is 0.622. The van der Waals surface area contributed by atoms with E-state index in [1.165, 1.54) is 4.68 Å². The molecule has 0 radical (unpaired) electrons. The molecule has 9 heteroatoms. The molecular weight excluding hydrogens is 376 g/mol. The molecule has 3 rings (SSSR count). The van der Waals surface area contributed by atoms with Gasteiger partial charge in [-0.3, -0.25) is 9.59 Å². The van der Waals surface area contributed by atoms with Crippen LogP contribution in [0.15, 0.2) is 42.0 Å². The molecule has 3 aromatic rings. The number of rotatable bonds is 6. The van der Waals surface area contributed by atoms with Gasteiger partial charge in [-0.2, -0.15) is 9.78 Å². The number of carbonyl (C=O) groups excluding carboxylic acids is 2. The van der Waals surface area contributed by atoms with Gasteiger partial charge in [0.15, 0.2) is 0 Å². The lowest BCUT2D eigenvalue weighted by molar-refractivity contribution is -0.136. The number of thiophene rings is 1. The number of carbonyl (C=O) groups is 2. The van der Waals surface area contributed by atoms with Crippen molar-refractivity contribution in [3.8, 4) is 5.95 Å². The Kier molecular flexibility index (Phi) is 6.15. The third kappa shape index (κ3) is 4.61. The first-order valence-electron chi connectivity index (χ1n) is 8.95. The Balaban J connectivity index is 1.70. The highest BCUT2D eigenvalue weighted by Gasteiger charge is 2.20. The van der Waals surface area contributed by atoms with E-state index in [4.69, 9.17) is 0 Å². The Morgan fingerprint density at radius 2 is 1.89 bits per heavy atom. The van der Waals surface area contributed by atoms with E-state index in [9.17, 15) is 9.59 Å². The highest BCUT2D eigenvalue weighted by atomic mass is 32.1. The lowest BCUT2D eigenvalue weighted by Gasteiger charge is -2.11. The monoisotopic (exact) mass is 398 g/mol. The van der Waals surface area contributed by atoms with Gasteiger partial charge in [0.25, 0.3) is 5.95 Å². The minimum atomic E-state index is -0.759. The van der Waals surface area contributed by atoms with Gasteiger partial charge in [0.05, 0.1) is 5.69 Å². The van der Waals surface area contributed by atoms with Gasteiger partial charge in [0, 0.05) is 35.8 Å². The van der Waals surface area contributed by atoms with Crippen molar-refractivity contribution in [1.82, 2.24) is 25.1 Å². The van der Waals surface area contributed by atoms with Crippen LogP contribution in [0, 0.1) is 0 Å². The molecule has 0 aromatic carbocycles. The molecule has 0 aliphatic rings. The second-order valence-corrected chi connectivity index (χ2v) is 7.63. The Bertz CT molecular complexity index is 937. The summed E-state index contributed by atoms with van der Waals surface area (Å²) in [6.07, 6.45) is 3.17. The summed E-state index contributed by atoms with van der Waals surface area (Å²) in [5.41, 5.74) is 0.759. The topological polar surface area (TPSA) is 102 Å². The maximum atomic E-state index is 12.4. The van der Waals surface area contributed by atoms with Crippen LogP contribution in [0.1, 0.15) is 43.2 Å². The van der Waals surface area contributed by atoms with E-state index >= 15 is 0 Å². The molecule has 8 nitrogen and oxygen atoms in total. The molecule has 0 aliphatic carbocycles. The van der Waals surface area contributed by atoms with E-state index in [1.54, 1.807) is 35.9 Å². The fourth-order valence-electron chi connectivity index (χ4n) is 2.50. The molecule has 0 aliphatic heterocycles. The second-order valence-electron chi connectivity index (χ2n) is 6.65. The van der Waals surface area contributed by atoms with Gasteiger partial charge in [0.2, 0.25) is 0 Å². The van der Waals surface area contributed by atoms with Crippen LogP contribution in [-0.2, 0) is 9.59 Å². The van der Waals surface area contributed by atoms with E-state index in [0.717, 1.165) is 10.6 Å². The molecule has 0 bridgehead atoms. The molecule has 0 unspecified atom stereocenters. The summed E-state index contributed by atoms with van der Waals surface area (Å²) in [4.78, 5) is 34.1. The van der Waals surface area contributed by atoms with Gasteiger partial charge in [-0.05, 0) is 23.4 Å². The van der Waals surface area contributed by atoms with Crippen molar-refractivity contribution in [2.75, 3.05) is 11.9 Å². The molecule has 1 atom stereocenters. The van der Waals surface area contributed by atoms with Crippen molar-refractivity contribution < 1.29 is 9.59 Å². The zero-order valence-electron chi connectivity index (χ0n) is 15.9. The largest absolute Gasteiger partial charge is 0.347 e. The fraction of sp³-hybridized carbons (Fsp3) is 0.316. The standard InChI is InChI=1S/C19H22N6O2S/c1-12(2)14-10-16(25(24-14)19-20-7-5-8-21-19)23-18(27)17(26)22-11-13(3)15-6-4-9-28-15/h4-10,12-13H,11H2,1-3H3,(H,22,26)(H,23,27)/t13-/m0/s1. The number of amides is 2. The number of hydrogen-bond acceptors (Lipinski definition) is 6. The second kappa shape index (κ2) is 8.75. The highest BCUT2D eigenvalue weighted by molar-refractivity contribution is 7.10. The molecule has 2 amide bonds. The summed E-state index contributed by atoms with van der Waals surface area (Å²) in [6, 6.07) is 7.38. The molecule has 0 saturated heterocycles. The summed E-state index contributed by atoms with van der Waals surface area (Å²) in [7, 11) is 0. The lowest BCUT2D eigenvalue weighted by Crippen LogP contribution is -2.37. The molecular formula is C19H22N6O2S. The van der Waals surface area contributed by atoms with Gasteiger partial charge >= 0.3 is 11.8 Å². The average molecular weight is 398 g/mol. The van der Waals surface area contributed by atoms with E-state index in [1.807, 2.05) is 38.3 Å². The Morgan fingerprint density at radius 3 is 2.54 bits per heavy atom.